The zero-order valence-electron chi connectivity index (χ0n) is 14.9. The first kappa shape index (κ1) is 17.5. The van der Waals surface area contributed by atoms with Crippen molar-refractivity contribution < 1.29 is 4.74 Å². The van der Waals surface area contributed by atoms with Crippen LogP contribution in [0.15, 0.2) is 102 Å². The fourth-order valence-electron chi connectivity index (χ4n) is 4.19. The van der Waals surface area contributed by atoms with Gasteiger partial charge in [0.05, 0.1) is 5.41 Å². The first-order chi connectivity index (χ1) is 13.7. The zero-order chi connectivity index (χ0) is 19.1. The lowest BCUT2D eigenvalue weighted by molar-refractivity contribution is 0.434. The summed E-state index contributed by atoms with van der Waals surface area (Å²) in [6, 6.07) is 33.2. The zero-order valence-corrected chi connectivity index (χ0v) is 17.2. The summed E-state index contributed by atoms with van der Waals surface area (Å²) >= 11 is 9.90. The average Bonchev–Trinajstić information content (AvgIpc) is 2.74. The number of hydrogen-bond donors (Lipinski definition) is 0. The van der Waals surface area contributed by atoms with Gasteiger partial charge in [-0.15, -0.1) is 0 Å². The maximum Gasteiger partial charge on any atom is 0.132 e. The highest BCUT2D eigenvalue weighted by molar-refractivity contribution is 9.10. The summed E-state index contributed by atoms with van der Waals surface area (Å²) in [6.45, 7) is 0. The Bertz CT molecular complexity index is 1150. The number of benzene rings is 4. The minimum absolute atomic E-state index is 0.500. The molecule has 0 spiro atoms. The predicted octanol–water partition coefficient (Wildman–Crippen LogP) is 7.59. The molecule has 1 unspecified atom stereocenters. The van der Waals surface area contributed by atoms with Gasteiger partial charge in [-0.2, -0.15) is 0 Å². The monoisotopic (exact) mass is 446 g/mol. The van der Waals surface area contributed by atoms with Crippen molar-refractivity contribution in [3.05, 3.63) is 129 Å². The molecule has 0 radical (unpaired) electrons. The molecular formula is C25H16BrClO. The van der Waals surface area contributed by atoms with E-state index in [0.717, 1.165) is 37.7 Å². The van der Waals surface area contributed by atoms with Gasteiger partial charge in [0, 0.05) is 20.6 Å². The highest BCUT2D eigenvalue weighted by atomic mass is 79.9. The van der Waals surface area contributed by atoms with Crippen LogP contribution in [-0.4, -0.2) is 0 Å². The Morgan fingerprint density at radius 3 is 2.07 bits per heavy atom. The van der Waals surface area contributed by atoms with E-state index in [0.29, 0.717) is 0 Å². The number of hydrogen-bond acceptors (Lipinski definition) is 1. The molecule has 1 aliphatic rings. The van der Waals surface area contributed by atoms with E-state index >= 15 is 0 Å². The van der Waals surface area contributed by atoms with Crippen LogP contribution in [-0.2, 0) is 5.41 Å². The van der Waals surface area contributed by atoms with E-state index in [-0.39, 0.29) is 0 Å². The summed E-state index contributed by atoms with van der Waals surface area (Å²) < 4.78 is 7.32. The summed E-state index contributed by atoms with van der Waals surface area (Å²) in [5, 5.41) is 0.724. The molecule has 0 aliphatic carbocycles. The molecular weight excluding hydrogens is 432 g/mol. The van der Waals surface area contributed by atoms with Gasteiger partial charge in [0.25, 0.3) is 0 Å². The van der Waals surface area contributed by atoms with E-state index in [1.54, 1.807) is 0 Å². The Morgan fingerprint density at radius 2 is 1.29 bits per heavy atom. The van der Waals surface area contributed by atoms with E-state index in [9.17, 15) is 0 Å². The highest BCUT2D eigenvalue weighted by Crippen LogP contribution is 2.55. The molecule has 136 valence electrons. The van der Waals surface area contributed by atoms with E-state index in [4.69, 9.17) is 16.3 Å². The quantitative estimate of drug-likeness (QED) is 0.271. The van der Waals surface area contributed by atoms with Crippen LogP contribution in [0.2, 0.25) is 5.02 Å². The van der Waals surface area contributed by atoms with E-state index in [2.05, 4.69) is 70.5 Å². The van der Waals surface area contributed by atoms with Crippen molar-refractivity contribution in [1.82, 2.24) is 0 Å². The molecule has 0 bridgehead atoms. The molecule has 4 aromatic carbocycles. The Hall–Kier alpha value is -2.55. The van der Waals surface area contributed by atoms with E-state index in [1.165, 1.54) is 5.56 Å². The summed E-state index contributed by atoms with van der Waals surface area (Å²) in [5.74, 6) is 1.73. The van der Waals surface area contributed by atoms with Crippen LogP contribution in [0.4, 0.5) is 0 Å². The van der Waals surface area contributed by atoms with Gasteiger partial charge >= 0.3 is 0 Å². The molecule has 1 atom stereocenters. The molecule has 1 heterocycles. The lowest BCUT2D eigenvalue weighted by Crippen LogP contribution is -2.34. The van der Waals surface area contributed by atoms with Crippen molar-refractivity contribution in [2.24, 2.45) is 0 Å². The minimum atomic E-state index is -0.500. The van der Waals surface area contributed by atoms with Crippen LogP contribution >= 0.6 is 27.5 Å². The fourth-order valence-corrected chi connectivity index (χ4v) is 4.68. The molecule has 0 N–H and O–H groups in total. The van der Waals surface area contributed by atoms with Gasteiger partial charge in [-0.3, -0.25) is 0 Å². The molecule has 3 heteroatoms. The van der Waals surface area contributed by atoms with Crippen LogP contribution in [0.1, 0.15) is 22.3 Å². The second kappa shape index (κ2) is 6.80. The van der Waals surface area contributed by atoms with Crippen LogP contribution in [0.3, 0.4) is 0 Å². The fraction of sp³-hybridized carbons (Fsp3) is 0.0400. The number of fused-ring (bicyclic) bond motifs is 2. The summed E-state index contributed by atoms with van der Waals surface area (Å²) in [5.41, 5.74) is 4.06. The van der Waals surface area contributed by atoms with E-state index < -0.39 is 5.41 Å². The highest BCUT2D eigenvalue weighted by Gasteiger charge is 2.45. The van der Waals surface area contributed by atoms with Crippen molar-refractivity contribution in [2.45, 2.75) is 5.41 Å². The standard InChI is InChI=1S/C25H16BrClO/c26-19-12-15-24-22(16-19)25(17-6-2-1-3-7-17,18-10-13-20(27)14-11-18)21-8-4-5-9-23(21)28-24/h1-16H. The molecule has 0 amide bonds. The molecule has 5 rings (SSSR count). The van der Waals surface area contributed by atoms with Gasteiger partial charge in [-0.25, -0.2) is 0 Å². The molecule has 1 nitrogen and oxygen atoms in total. The SMILES string of the molecule is Clc1ccc(C2(c3ccccc3)c3ccccc3Oc3ccc(Br)cc32)cc1. The third-order valence-corrected chi connectivity index (χ3v) is 6.09. The number of ether oxygens (including phenoxy) is 1. The number of rotatable bonds is 2. The Kier molecular flexibility index (Phi) is 4.26. The van der Waals surface area contributed by atoms with Crippen LogP contribution in [0, 0.1) is 0 Å². The largest absolute Gasteiger partial charge is 0.457 e. The average molecular weight is 448 g/mol. The summed E-state index contributed by atoms with van der Waals surface area (Å²) in [4.78, 5) is 0. The number of para-hydroxylation sites is 1. The predicted molar refractivity (Wildman–Crippen MR) is 118 cm³/mol. The third-order valence-electron chi connectivity index (χ3n) is 5.34. The maximum atomic E-state index is 6.31. The maximum absolute atomic E-state index is 6.31. The van der Waals surface area contributed by atoms with Crippen molar-refractivity contribution in [3.8, 4) is 11.5 Å². The normalized spacial score (nSPS) is 17.4. The smallest absolute Gasteiger partial charge is 0.132 e. The van der Waals surface area contributed by atoms with Gasteiger partial charge in [-0.1, -0.05) is 88.2 Å². The second-order valence-corrected chi connectivity index (χ2v) is 8.21. The number of halogens is 2. The third kappa shape index (κ3) is 2.60. The van der Waals surface area contributed by atoms with Crippen LogP contribution in [0.25, 0.3) is 0 Å². The second-order valence-electron chi connectivity index (χ2n) is 6.86. The van der Waals surface area contributed by atoms with Gasteiger partial charge in [0.2, 0.25) is 0 Å². The summed E-state index contributed by atoms with van der Waals surface area (Å²) in [6.07, 6.45) is 0. The molecule has 4 aromatic rings. The first-order valence-corrected chi connectivity index (χ1v) is 10.3. The van der Waals surface area contributed by atoms with Gasteiger partial charge in [0.15, 0.2) is 0 Å². The van der Waals surface area contributed by atoms with Crippen molar-refractivity contribution in [1.29, 1.82) is 0 Å². The molecule has 0 fully saturated rings. The van der Waals surface area contributed by atoms with Crippen LogP contribution < -0.4 is 4.74 Å². The Balaban J connectivity index is 1.96. The van der Waals surface area contributed by atoms with Gasteiger partial charge in [-0.05, 0) is 47.5 Å². The Morgan fingerprint density at radius 1 is 0.643 bits per heavy atom. The summed E-state index contributed by atoms with van der Waals surface area (Å²) in [7, 11) is 0. The first-order valence-electron chi connectivity index (χ1n) is 9.08. The molecule has 1 aliphatic heterocycles. The molecule has 0 aromatic heterocycles. The van der Waals surface area contributed by atoms with Gasteiger partial charge in [0.1, 0.15) is 11.5 Å². The van der Waals surface area contributed by atoms with Crippen molar-refractivity contribution in [3.63, 3.8) is 0 Å². The lowest BCUT2D eigenvalue weighted by Gasteiger charge is -2.41. The minimum Gasteiger partial charge on any atom is -0.457 e. The molecule has 0 saturated heterocycles. The van der Waals surface area contributed by atoms with Gasteiger partial charge < -0.3 is 4.74 Å². The van der Waals surface area contributed by atoms with Crippen LogP contribution in [0.5, 0.6) is 11.5 Å². The van der Waals surface area contributed by atoms with E-state index in [1.807, 2.05) is 42.5 Å². The van der Waals surface area contributed by atoms with Crippen molar-refractivity contribution >= 4 is 27.5 Å². The topological polar surface area (TPSA) is 9.23 Å². The molecule has 0 saturated carbocycles. The molecule has 28 heavy (non-hydrogen) atoms. The van der Waals surface area contributed by atoms with Crippen molar-refractivity contribution in [2.75, 3.05) is 0 Å². The Labute approximate surface area is 177 Å². The lowest BCUT2D eigenvalue weighted by atomic mass is 9.64.